The van der Waals surface area contributed by atoms with Crippen LogP contribution in [0.1, 0.15) is 12.5 Å². The fourth-order valence-electron chi connectivity index (χ4n) is 1.20. The summed E-state index contributed by atoms with van der Waals surface area (Å²) in [5.41, 5.74) is 0.787. The third kappa shape index (κ3) is 4.00. The van der Waals surface area contributed by atoms with Crippen molar-refractivity contribution in [1.29, 1.82) is 0 Å². The highest BCUT2D eigenvalue weighted by Gasteiger charge is 2.06. The fraction of sp³-hybridized carbons (Fsp3) is 0.364. The quantitative estimate of drug-likeness (QED) is 0.829. The first-order valence-corrected chi connectivity index (χ1v) is 5.70. The molecule has 0 saturated heterocycles. The first-order valence-electron chi connectivity index (χ1n) is 4.94. The molecule has 0 aromatic heterocycles. The summed E-state index contributed by atoms with van der Waals surface area (Å²) in [6.45, 7) is 2.74. The molecule has 0 amide bonds. The second-order valence-electron chi connectivity index (χ2n) is 3.11. The molecule has 88 valence electrons. The number of carbonyl (C=O) groups is 1. The molecule has 0 atom stereocenters. The lowest BCUT2D eigenvalue weighted by Gasteiger charge is -2.08. The molecule has 0 aliphatic heterocycles. The van der Waals surface area contributed by atoms with Crippen molar-refractivity contribution >= 4 is 29.2 Å². The van der Waals surface area contributed by atoms with Gasteiger partial charge in [0, 0.05) is 22.2 Å². The van der Waals surface area contributed by atoms with Gasteiger partial charge in [0.05, 0.1) is 13.2 Å². The van der Waals surface area contributed by atoms with Crippen molar-refractivity contribution in [3.8, 4) is 0 Å². The summed E-state index contributed by atoms with van der Waals surface area (Å²) in [5.74, 6) is -0.286. The predicted octanol–water partition coefficient (Wildman–Crippen LogP) is 2.65. The number of nitrogens with one attached hydrogen (secondary N) is 1. The van der Waals surface area contributed by atoms with Crippen molar-refractivity contribution in [2.45, 2.75) is 13.5 Å². The number of halogens is 2. The summed E-state index contributed by atoms with van der Waals surface area (Å²) < 4.78 is 4.77. The molecule has 1 aromatic rings. The highest BCUT2D eigenvalue weighted by Crippen LogP contribution is 2.23. The average molecular weight is 262 g/mol. The normalized spacial score (nSPS) is 10.2. The average Bonchev–Trinajstić information content (AvgIpc) is 2.23. The Bertz CT molecular complexity index is 349. The summed E-state index contributed by atoms with van der Waals surface area (Å²) in [4.78, 5) is 11.1. The zero-order valence-corrected chi connectivity index (χ0v) is 10.4. The zero-order valence-electron chi connectivity index (χ0n) is 8.93. The van der Waals surface area contributed by atoms with Crippen LogP contribution in [0.3, 0.4) is 0 Å². The van der Waals surface area contributed by atoms with E-state index in [4.69, 9.17) is 27.9 Å². The van der Waals surface area contributed by atoms with Crippen LogP contribution in [-0.2, 0) is 16.1 Å². The zero-order chi connectivity index (χ0) is 12.0. The van der Waals surface area contributed by atoms with Gasteiger partial charge in [-0.05, 0) is 19.1 Å². The SMILES string of the molecule is CCOC(=O)CNCc1c(Cl)cccc1Cl. The van der Waals surface area contributed by atoms with Crippen molar-refractivity contribution in [1.82, 2.24) is 5.32 Å². The maximum atomic E-state index is 11.1. The van der Waals surface area contributed by atoms with Crippen LogP contribution in [0.15, 0.2) is 18.2 Å². The van der Waals surface area contributed by atoms with Crippen molar-refractivity contribution < 1.29 is 9.53 Å². The van der Waals surface area contributed by atoms with Crippen LogP contribution in [0.4, 0.5) is 0 Å². The number of benzene rings is 1. The topological polar surface area (TPSA) is 38.3 Å². The second kappa shape index (κ2) is 6.74. The molecular weight excluding hydrogens is 249 g/mol. The Morgan fingerprint density at radius 2 is 2.00 bits per heavy atom. The molecule has 0 heterocycles. The molecule has 1 rings (SSSR count). The van der Waals surface area contributed by atoms with Crippen LogP contribution in [0.2, 0.25) is 10.0 Å². The molecule has 0 spiro atoms. The van der Waals surface area contributed by atoms with Crippen molar-refractivity contribution in [3.05, 3.63) is 33.8 Å². The molecule has 5 heteroatoms. The van der Waals surface area contributed by atoms with Crippen molar-refractivity contribution in [2.75, 3.05) is 13.2 Å². The Morgan fingerprint density at radius 3 is 2.56 bits per heavy atom. The van der Waals surface area contributed by atoms with Crippen LogP contribution < -0.4 is 5.32 Å². The van der Waals surface area contributed by atoms with Gasteiger partial charge in [-0.1, -0.05) is 29.3 Å². The molecule has 0 bridgehead atoms. The molecule has 0 fully saturated rings. The van der Waals surface area contributed by atoms with Crippen molar-refractivity contribution in [2.24, 2.45) is 0 Å². The van der Waals surface area contributed by atoms with E-state index < -0.39 is 0 Å². The smallest absolute Gasteiger partial charge is 0.319 e. The van der Waals surface area contributed by atoms with E-state index in [0.717, 1.165) is 5.56 Å². The maximum Gasteiger partial charge on any atom is 0.319 e. The van der Waals surface area contributed by atoms with Gasteiger partial charge in [-0.25, -0.2) is 0 Å². The van der Waals surface area contributed by atoms with Crippen molar-refractivity contribution in [3.63, 3.8) is 0 Å². The molecule has 1 aromatic carbocycles. The Morgan fingerprint density at radius 1 is 1.38 bits per heavy atom. The molecule has 0 aliphatic rings. The van der Waals surface area contributed by atoms with Gasteiger partial charge in [0.1, 0.15) is 0 Å². The van der Waals surface area contributed by atoms with Gasteiger partial charge in [0.25, 0.3) is 0 Å². The number of ether oxygens (including phenoxy) is 1. The maximum absolute atomic E-state index is 11.1. The van der Waals surface area contributed by atoms with Gasteiger partial charge in [0.15, 0.2) is 0 Å². The predicted molar refractivity (Wildman–Crippen MR) is 64.8 cm³/mol. The second-order valence-corrected chi connectivity index (χ2v) is 3.92. The van der Waals surface area contributed by atoms with E-state index in [1.165, 1.54) is 0 Å². The summed E-state index contributed by atoms with van der Waals surface area (Å²) in [7, 11) is 0. The Labute approximate surface area is 105 Å². The third-order valence-corrected chi connectivity index (χ3v) is 2.65. The Kier molecular flexibility index (Phi) is 5.60. The number of rotatable bonds is 5. The highest BCUT2D eigenvalue weighted by atomic mass is 35.5. The number of hydrogen-bond acceptors (Lipinski definition) is 3. The minimum Gasteiger partial charge on any atom is -0.465 e. The molecule has 0 aliphatic carbocycles. The van der Waals surface area contributed by atoms with Crippen LogP contribution >= 0.6 is 23.2 Å². The summed E-state index contributed by atoms with van der Waals surface area (Å²) >= 11 is 11.9. The molecule has 16 heavy (non-hydrogen) atoms. The molecular formula is C11H13Cl2NO2. The van der Waals surface area contributed by atoms with E-state index >= 15 is 0 Å². The van der Waals surface area contributed by atoms with Gasteiger partial charge in [-0.2, -0.15) is 0 Å². The Balaban J connectivity index is 2.46. The Hall–Kier alpha value is -0.770. The lowest BCUT2D eigenvalue weighted by molar-refractivity contribution is -0.142. The van der Waals surface area contributed by atoms with Crippen LogP contribution in [0.5, 0.6) is 0 Å². The molecule has 1 N–H and O–H groups in total. The standard InChI is InChI=1S/C11H13Cl2NO2/c1-2-16-11(15)7-14-6-8-9(12)4-3-5-10(8)13/h3-5,14H,2,6-7H2,1H3. The third-order valence-electron chi connectivity index (χ3n) is 1.94. The largest absolute Gasteiger partial charge is 0.465 e. The lowest BCUT2D eigenvalue weighted by Crippen LogP contribution is -2.24. The summed E-state index contributed by atoms with van der Waals surface area (Å²) in [6.07, 6.45) is 0. The number of esters is 1. The summed E-state index contributed by atoms with van der Waals surface area (Å²) in [6, 6.07) is 5.29. The fourth-order valence-corrected chi connectivity index (χ4v) is 1.73. The minimum atomic E-state index is -0.286. The molecule has 0 radical (unpaired) electrons. The first-order chi connectivity index (χ1) is 7.65. The van der Waals surface area contributed by atoms with Gasteiger partial charge < -0.3 is 10.1 Å². The summed E-state index contributed by atoms with van der Waals surface area (Å²) in [5, 5.41) is 4.10. The van der Waals surface area contributed by atoms with Crippen LogP contribution in [0, 0.1) is 0 Å². The number of carbonyl (C=O) groups excluding carboxylic acids is 1. The molecule has 0 unspecified atom stereocenters. The van der Waals surface area contributed by atoms with Gasteiger partial charge in [0.2, 0.25) is 0 Å². The minimum absolute atomic E-state index is 0.148. The number of hydrogen-bond donors (Lipinski definition) is 1. The van der Waals surface area contributed by atoms with E-state index in [9.17, 15) is 4.79 Å². The molecule has 0 saturated carbocycles. The lowest BCUT2D eigenvalue weighted by atomic mass is 10.2. The van der Waals surface area contributed by atoms with Crippen LogP contribution in [0.25, 0.3) is 0 Å². The van der Waals surface area contributed by atoms with Crippen LogP contribution in [-0.4, -0.2) is 19.1 Å². The van der Waals surface area contributed by atoms with E-state index in [-0.39, 0.29) is 12.5 Å². The van der Waals surface area contributed by atoms with E-state index in [1.807, 2.05) is 0 Å². The van der Waals surface area contributed by atoms with E-state index in [1.54, 1.807) is 25.1 Å². The molecule has 3 nitrogen and oxygen atoms in total. The highest BCUT2D eigenvalue weighted by molar-refractivity contribution is 6.35. The van der Waals surface area contributed by atoms with Gasteiger partial charge in [-0.15, -0.1) is 0 Å². The van der Waals surface area contributed by atoms with E-state index in [0.29, 0.717) is 23.2 Å². The monoisotopic (exact) mass is 261 g/mol. The van der Waals surface area contributed by atoms with E-state index in [2.05, 4.69) is 5.32 Å². The first kappa shape index (κ1) is 13.3. The van der Waals surface area contributed by atoms with Gasteiger partial charge in [-0.3, -0.25) is 4.79 Å². The van der Waals surface area contributed by atoms with Gasteiger partial charge >= 0.3 is 5.97 Å².